The van der Waals surface area contributed by atoms with Crippen molar-refractivity contribution in [2.45, 2.75) is 13.3 Å². The number of pyridine rings is 1. The number of hydrogen-bond donors (Lipinski definition) is 2. The summed E-state index contributed by atoms with van der Waals surface area (Å²) in [5.74, 6) is 1.01. The third kappa shape index (κ3) is 4.29. The second-order valence-electron chi connectivity index (χ2n) is 4.46. The van der Waals surface area contributed by atoms with Crippen LogP contribution in [0.15, 0.2) is 42.6 Å². The van der Waals surface area contributed by atoms with Crippen LogP contribution in [0.2, 0.25) is 0 Å². The van der Waals surface area contributed by atoms with Gasteiger partial charge in [0.15, 0.2) is 0 Å². The third-order valence-electron chi connectivity index (χ3n) is 2.86. The van der Waals surface area contributed by atoms with Crippen LogP contribution in [0.4, 0.5) is 0 Å². The highest BCUT2D eigenvalue weighted by atomic mass is 16.5. The first-order chi connectivity index (χ1) is 10.2. The highest BCUT2D eigenvalue weighted by molar-refractivity contribution is 5.92. The molecule has 2 N–H and O–H groups in total. The molecule has 0 aliphatic heterocycles. The van der Waals surface area contributed by atoms with Crippen LogP contribution < -0.4 is 10.1 Å². The highest BCUT2D eigenvalue weighted by Crippen LogP contribution is 2.22. The van der Waals surface area contributed by atoms with Crippen LogP contribution in [-0.2, 0) is 6.42 Å². The molecule has 0 fully saturated rings. The van der Waals surface area contributed by atoms with Gasteiger partial charge in [-0.25, -0.2) is 0 Å². The predicted molar refractivity (Wildman–Crippen MR) is 79.6 cm³/mol. The first kappa shape index (κ1) is 15.0. The Bertz CT molecular complexity index is 597. The van der Waals surface area contributed by atoms with Gasteiger partial charge in [-0.1, -0.05) is 12.1 Å². The number of amides is 1. The summed E-state index contributed by atoms with van der Waals surface area (Å²) in [6, 6.07) is 10.8. The standard InChI is InChI=1S/C16H18N2O3/c1-2-17-16(20)15-11-14(7-9-18-15)21-13-5-3-12(4-6-13)8-10-19/h3-7,9,11,19H,2,8,10H2,1H3,(H,17,20). The Labute approximate surface area is 123 Å². The third-order valence-corrected chi connectivity index (χ3v) is 2.86. The van der Waals surface area contributed by atoms with E-state index in [9.17, 15) is 4.79 Å². The molecule has 5 heteroatoms. The zero-order chi connectivity index (χ0) is 15.1. The Hall–Kier alpha value is -2.40. The van der Waals surface area contributed by atoms with Crippen LogP contribution >= 0.6 is 0 Å². The second kappa shape index (κ2) is 7.40. The Kier molecular flexibility index (Phi) is 5.29. The van der Waals surface area contributed by atoms with Crippen molar-refractivity contribution in [3.63, 3.8) is 0 Å². The van der Waals surface area contributed by atoms with Gasteiger partial charge in [0, 0.05) is 25.4 Å². The second-order valence-corrected chi connectivity index (χ2v) is 4.46. The van der Waals surface area contributed by atoms with Gasteiger partial charge in [0.1, 0.15) is 17.2 Å². The van der Waals surface area contributed by atoms with E-state index < -0.39 is 0 Å². The molecule has 1 aromatic heterocycles. The maximum absolute atomic E-state index is 11.7. The number of nitrogens with zero attached hydrogens (tertiary/aromatic N) is 1. The number of carbonyl (C=O) groups excluding carboxylic acids is 1. The summed E-state index contributed by atoms with van der Waals surface area (Å²) in [5.41, 5.74) is 1.37. The minimum Gasteiger partial charge on any atom is -0.457 e. The molecule has 5 nitrogen and oxygen atoms in total. The van der Waals surface area contributed by atoms with Gasteiger partial charge >= 0.3 is 0 Å². The molecule has 110 valence electrons. The van der Waals surface area contributed by atoms with Gasteiger partial charge in [0.2, 0.25) is 0 Å². The largest absolute Gasteiger partial charge is 0.457 e. The van der Waals surface area contributed by atoms with Gasteiger partial charge in [0.05, 0.1) is 0 Å². The minimum atomic E-state index is -0.221. The van der Waals surface area contributed by atoms with Crippen molar-refractivity contribution >= 4 is 5.91 Å². The van der Waals surface area contributed by atoms with Gasteiger partial charge in [-0.05, 0) is 37.1 Å². The molecule has 21 heavy (non-hydrogen) atoms. The first-order valence-corrected chi connectivity index (χ1v) is 6.85. The lowest BCUT2D eigenvalue weighted by atomic mass is 10.1. The number of carbonyl (C=O) groups is 1. The smallest absolute Gasteiger partial charge is 0.270 e. The molecule has 0 aliphatic carbocycles. The number of hydrogen-bond acceptors (Lipinski definition) is 4. The molecule has 0 unspecified atom stereocenters. The van der Waals surface area contributed by atoms with Crippen LogP contribution in [-0.4, -0.2) is 29.1 Å². The van der Waals surface area contributed by atoms with E-state index in [1.54, 1.807) is 18.3 Å². The summed E-state index contributed by atoms with van der Waals surface area (Å²) in [5, 5.41) is 11.6. The number of aliphatic hydroxyl groups excluding tert-OH is 1. The van der Waals surface area contributed by atoms with E-state index in [0.717, 1.165) is 5.56 Å². The lowest BCUT2D eigenvalue weighted by Gasteiger charge is -2.08. The van der Waals surface area contributed by atoms with Crippen molar-refractivity contribution in [2.75, 3.05) is 13.2 Å². The fourth-order valence-electron chi connectivity index (χ4n) is 1.84. The summed E-state index contributed by atoms with van der Waals surface area (Å²) in [7, 11) is 0. The highest BCUT2D eigenvalue weighted by Gasteiger charge is 2.07. The molecular formula is C16H18N2O3. The van der Waals surface area contributed by atoms with E-state index in [4.69, 9.17) is 9.84 Å². The van der Waals surface area contributed by atoms with Crippen molar-refractivity contribution in [1.82, 2.24) is 10.3 Å². The normalized spacial score (nSPS) is 10.2. The molecule has 1 amide bonds. The molecule has 0 saturated heterocycles. The number of benzene rings is 1. The maximum Gasteiger partial charge on any atom is 0.270 e. The Morgan fingerprint density at radius 1 is 1.24 bits per heavy atom. The van der Waals surface area contributed by atoms with Crippen LogP contribution in [0.25, 0.3) is 0 Å². The van der Waals surface area contributed by atoms with Gasteiger partial charge in [0.25, 0.3) is 5.91 Å². The van der Waals surface area contributed by atoms with E-state index in [2.05, 4.69) is 10.3 Å². The number of ether oxygens (including phenoxy) is 1. The van der Waals surface area contributed by atoms with Crippen molar-refractivity contribution in [3.05, 3.63) is 53.9 Å². The molecule has 0 radical (unpaired) electrons. The number of nitrogens with one attached hydrogen (secondary N) is 1. The van der Waals surface area contributed by atoms with Crippen molar-refractivity contribution in [1.29, 1.82) is 0 Å². The zero-order valence-corrected chi connectivity index (χ0v) is 11.9. The molecule has 0 saturated carbocycles. The number of aromatic nitrogens is 1. The molecule has 2 rings (SSSR count). The van der Waals surface area contributed by atoms with E-state index in [1.807, 2.05) is 31.2 Å². The SMILES string of the molecule is CCNC(=O)c1cc(Oc2ccc(CCO)cc2)ccn1. The quantitative estimate of drug-likeness (QED) is 0.853. The molecule has 0 spiro atoms. The van der Waals surface area contributed by atoms with Crippen LogP contribution in [0.3, 0.4) is 0 Å². The average Bonchev–Trinajstić information content (AvgIpc) is 2.50. The lowest BCUT2D eigenvalue weighted by molar-refractivity contribution is 0.0950. The summed E-state index contributed by atoms with van der Waals surface area (Å²) >= 11 is 0. The monoisotopic (exact) mass is 286 g/mol. The van der Waals surface area contributed by atoms with E-state index in [1.165, 1.54) is 0 Å². The van der Waals surface area contributed by atoms with Gasteiger partial charge in [-0.3, -0.25) is 9.78 Å². The molecular weight excluding hydrogens is 268 g/mol. The Balaban J connectivity index is 2.08. The maximum atomic E-state index is 11.7. The molecule has 1 heterocycles. The molecule has 0 bridgehead atoms. The van der Waals surface area contributed by atoms with E-state index in [-0.39, 0.29) is 12.5 Å². The summed E-state index contributed by atoms with van der Waals surface area (Å²) in [6.07, 6.45) is 2.16. The van der Waals surface area contributed by atoms with Gasteiger partial charge in [-0.15, -0.1) is 0 Å². The average molecular weight is 286 g/mol. The van der Waals surface area contributed by atoms with Crippen molar-refractivity contribution < 1.29 is 14.6 Å². The van der Waals surface area contributed by atoms with Crippen molar-refractivity contribution in [3.8, 4) is 11.5 Å². The topological polar surface area (TPSA) is 71.5 Å². The van der Waals surface area contributed by atoms with Crippen LogP contribution in [0.5, 0.6) is 11.5 Å². The molecule has 1 aromatic carbocycles. The molecule has 0 aliphatic rings. The molecule has 0 atom stereocenters. The Morgan fingerprint density at radius 2 is 2.00 bits per heavy atom. The fourth-order valence-corrected chi connectivity index (χ4v) is 1.84. The molecule has 2 aromatic rings. The zero-order valence-electron chi connectivity index (χ0n) is 11.9. The van der Waals surface area contributed by atoms with Crippen LogP contribution in [0.1, 0.15) is 23.0 Å². The number of rotatable bonds is 6. The number of aliphatic hydroxyl groups is 1. The van der Waals surface area contributed by atoms with Crippen LogP contribution in [0, 0.1) is 0 Å². The predicted octanol–water partition coefficient (Wildman–Crippen LogP) is 2.16. The van der Waals surface area contributed by atoms with E-state index >= 15 is 0 Å². The lowest BCUT2D eigenvalue weighted by Crippen LogP contribution is -2.23. The Morgan fingerprint density at radius 3 is 2.67 bits per heavy atom. The summed E-state index contributed by atoms with van der Waals surface area (Å²) in [6.45, 7) is 2.53. The summed E-state index contributed by atoms with van der Waals surface area (Å²) < 4.78 is 5.70. The fraction of sp³-hybridized carbons (Fsp3) is 0.250. The van der Waals surface area contributed by atoms with Crippen molar-refractivity contribution in [2.24, 2.45) is 0 Å². The van der Waals surface area contributed by atoms with Gasteiger partial charge < -0.3 is 15.2 Å². The minimum absolute atomic E-state index is 0.125. The van der Waals surface area contributed by atoms with Gasteiger partial charge in [-0.2, -0.15) is 0 Å². The summed E-state index contributed by atoms with van der Waals surface area (Å²) in [4.78, 5) is 15.7. The van der Waals surface area contributed by atoms with E-state index in [0.29, 0.717) is 30.2 Å². The first-order valence-electron chi connectivity index (χ1n) is 6.85.